The molecule has 2 fully saturated rings. The van der Waals surface area contributed by atoms with Gasteiger partial charge < -0.3 is 15.4 Å². The predicted octanol–water partition coefficient (Wildman–Crippen LogP) is 2.89. The fraction of sp³-hybridized carbons (Fsp3) is 0.611. The molecule has 23 heavy (non-hydrogen) atoms. The van der Waals surface area contributed by atoms with Gasteiger partial charge in [-0.25, -0.2) is 0 Å². The van der Waals surface area contributed by atoms with Crippen LogP contribution in [0.2, 0.25) is 0 Å². The van der Waals surface area contributed by atoms with Crippen molar-refractivity contribution in [3.05, 3.63) is 29.3 Å². The zero-order valence-electron chi connectivity index (χ0n) is 13.9. The summed E-state index contributed by atoms with van der Waals surface area (Å²) in [5.74, 6) is 0.959. The van der Waals surface area contributed by atoms with Crippen molar-refractivity contribution < 1.29 is 9.53 Å². The zero-order chi connectivity index (χ0) is 15.5. The molecule has 2 heterocycles. The normalized spacial score (nSPS) is 25.6. The second kappa shape index (κ2) is 8.02. The smallest absolute Gasteiger partial charge is 0.223 e. The maximum Gasteiger partial charge on any atom is 0.223 e. The summed E-state index contributed by atoms with van der Waals surface area (Å²) in [5.41, 5.74) is 2.37. The number of nitrogens with one attached hydrogen (secondary N) is 2. The quantitative estimate of drug-likeness (QED) is 0.868. The van der Waals surface area contributed by atoms with Gasteiger partial charge in [0.25, 0.3) is 0 Å². The van der Waals surface area contributed by atoms with E-state index in [1.807, 2.05) is 12.1 Å². The van der Waals surface area contributed by atoms with Crippen LogP contribution in [0.5, 0.6) is 5.75 Å². The molecule has 2 atom stereocenters. The first-order valence-corrected chi connectivity index (χ1v) is 8.35. The van der Waals surface area contributed by atoms with E-state index >= 15 is 0 Å². The molecule has 2 saturated heterocycles. The summed E-state index contributed by atoms with van der Waals surface area (Å²) in [6, 6.07) is 7.69. The summed E-state index contributed by atoms with van der Waals surface area (Å²) in [7, 11) is 0. The van der Waals surface area contributed by atoms with E-state index in [1.54, 1.807) is 0 Å². The molecular weight excluding hydrogens is 312 g/mol. The standard InChI is InChI=1S/C18H26N2O2.ClH/c1-12-7-13(2)9-17(8-12)22-6-5-18(21)20-16-10-14-3-4-15(11-16)19-14;/h7-9,14-16,19H,3-6,10-11H2,1-2H3,(H,20,21);1H. The number of hydrogen-bond acceptors (Lipinski definition) is 3. The van der Waals surface area contributed by atoms with Crippen LogP contribution in [0.15, 0.2) is 18.2 Å². The largest absolute Gasteiger partial charge is 0.493 e. The highest BCUT2D eigenvalue weighted by Crippen LogP contribution is 2.26. The second-order valence-corrected chi connectivity index (χ2v) is 6.80. The number of carbonyl (C=O) groups excluding carboxylic acids is 1. The first-order valence-electron chi connectivity index (χ1n) is 8.35. The fourth-order valence-corrected chi connectivity index (χ4v) is 3.75. The third-order valence-electron chi connectivity index (χ3n) is 4.63. The van der Waals surface area contributed by atoms with Gasteiger partial charge in [0, 0.05) is 18.1 Å². The maximum absolute atomic E-state index is 12.1. The summed E-state index contributed by atoms with van der Waals surface area (Å²) in [4.78, 5) is 12.1. The molecule has 0 saturated carbocycles. The molecule has 2 aliphatic rings. The lowest BCUT2D eigenvalue weighted by atomic mass is 10.00. The number of hydrogen-bond donors (Lipinski definition) is 2. The third kappa shape index (κ3) is 5.11. The topological polar surface area (TPSA) is 50.4 Å². The van der Waals surface area contributed by atoms with Gasteiger partial charge in [0.15, 0.2) is 0 Å². The SMILES string of the molecule is Cc1cc(C)cc(OCCC(=O)NC2CC3CCC(C2)N3)c1.Cl. The average Bonchev–Trinajstić information content (AvgIpc) is 2.77. The van der Waals surface area contributed by atoms with Crippen molar-refractivity contribution >= 4 is 18.3 Å². The van der Waals surface area contributed by atoms with E-state index in [0.717, 1.165) is 18.6 Å². The monoisotopic (exact) mass is 338 g/mol. The Morgan fingerprint density at radius 1 is 1.17 bits per heavy atom. The van der Waals surface area contributed by atoms with Gasteiger partial charge >= 0.3 is 0 Å². The van der Waals surface area contributed by atoms with Crippen molar-refractivity contribution in [3.63, 3.8) is 0 Å². The number of piperidine rings is 1. The van der Waals surface area contributed by atoms with Gasteiger partial charge in [0.2, 0.25) is 5.91 Å². The van der Waals surface area contributed by atoms with Gasteiger partial charge in [-0.05, 0) is 62.8 Å². The molecule has 1 aromatic rings. The van der Waals surface area contributed by atoms with E-state index < -0.39 is 0 Å². The van der Waals surface area contributed by atoms with E-state index in [0.29, 0.717) is 31.2 Å². The summed E-state index contributed by atoms with van der Waals surface area (Å²) < 4.78 is 5.71. The maximum atomic E-state index is 12.1. The van der Waals surface area contributed by atoms with Crippen LogP contribution in [0.4, 0.5) is 0 Å². The predicted molar refractivity (Wildman–Crippen MR) is 94.4 cm³/mol. The molecule has 128 valence electrons. The number of fused-ring (bicyclic) bond motifs is 2. The minimum absolute atomic E-state index is 0. The third-order valence-corrected chi connectivity index (χ3v) is 4.63. The van der Waals surface area contributed by atoms with Crippen LogP contribution >= 0.6 is 12.4 Å². The van der Waals surface area contributed by atoms with E-state index in [9.17, 15) is 4.79 Å². The molecule has 2 aliphatic heterocycles. The van der Waals surface area contributed by atoms with E-state index in [1.165, 1.54) is 24.0 Å². The lowest BCUT2D eigenvalue weighted by Gasteiger charge is -2.29. The van der Waals surface area contributed by atoms with Crippen molar-refractivity contribution in [1.82, 2.24) is 10.6 Å². The number of aryl methyl sites for hydroxylation is 2. The average molecular weight is 339 g/mol. The van der Waals surface area contributed by atoms with E-state index in [4.69, 9.17) is 4.74 Å². The number of rotatable bonds is 5. The van der Waals surface area contributed by atoms with Gasteiger partial charge in [-0.3, -0.25) is 4.79 Å². The van der Waals surface area contributed by atoms with Crippen molar-refractivity contribution in [2.45, 2.75) is 64.1 Å². The van der Waals surface area contributed by atoms with Crippen molar-refractivity contribution in [2.75, 3.05) is 6.61 Å². The van der Waals surface area contributed by atoms with Crippen molar-refractivity contribution in [3.8, 4) is 5.75 Å². The fourth-order valence-electron chi connectivity index (χ4n) is 3.75. The van der Waals surface area contributed by atoms with Gasteiger partial charge in [0.1, 0.15) is 5.75 Å². The number of halogens is 1. The Hall–Kier alpha value is -1.26. The molecule has 4 nitrogen and oxygen atoms in total. The Bertz CT molecular complexity index is 518. The van der Waals surface area contributed by atoms with Crippen LogP contribution in [-0.2, 0) is 4.79 Å². The van der Waals surface area contributed by atoms with Gasteiger partial charge in [-0.15, -0.1) is 12.4 Å². The Morgan fingerprint density at radius 3 is 2.39 bits per heavy atom. The van der Waals surface area contributed by atoms with Crippen LogP contribution < -0.4 is 15.4 Å². The molecule has 2 N–H and O–H groups in total. The van der Waals surface area contributed by atoms with Crippen LogP contribution in [0.1, 0.15) is 43.2 Å². The highest BCUT2D eigenvalue weighted by atomic mass is 35.5. The second-order valence-electron chi connectivity index (χ2n) is 6.80. The van der Waals surface area contributed by atoms with Gasteiger partial charge in [0.05, 0.1) is 13.0 Å². The summed E-state index contributed by atoms with van der Waals surface area (Å²) in [6.07, 6.45) is 5.08. The first kappa shape index (κ1) is 18.1. The highest BCUT2D eigenvalue weighted by Gasteiger charge is 2.33. The molecule has 0 radical (unpaired) electrons. The molecule has 3 rings (SSSR count). The van der Waals surface area contributed by atoms with E-state index in [-0.39, 0.29) is 18.3 Å². The minimum Gasteiger partial charge on any atom is -0.493 e. The highest BCUT2D eigenvalue weighted by molar-refractivity contribution is 5.85. The molecule has 1 aromatic carbocycles. The van der Waals surface area contributed by atoms with Crippen LogP contribution in [0, 0.1) is 13.8 Å². The van der Waals surface area contributed by atoms with Crippen LogP contribution in [0.25, 0.3) is 0 Å². The Kier molecular flexibility index (Phi) is 6.31. The number of ether oxygens (including phenoxy) is 1. The van der Waals surface area contributed by atoms with Crippen LogP contribution in [0.3, 0.4) is 0 Å². The lowest BCUT2D eigenvalue weighted by molar-refractivity contribution is -0.122. The molecule has 2 unspecified atom stereocenters. The Morgan fingerprint density at radius 2 is 1.78 bits per heavy atom. The summed E-state index contributed by atoms with van der Waals surface area (Å²) in [5, 5.41) is 6.76. The molecule has 0 spiro atoms. The Balaban J connectivity index is 0.00000192. The first-order chi connectivity index (χ1) is 10.6. The number of amides is 1. The van der Waals surface area contributed by atoms with Gasteiger partial charge in [-0.1, -0.05) is 6.07 Å². The van der Waals surface area contributed by atoms with Crippen molar-refractivity contribution in [2.24, 2.45) is 0 Å². The molecule has 0 aromatic heterocycles. The zero-order valence-corrected chi connectivity index (χ0v) is 14.7. The van der Waals surface area contributed by atoms with Crippen molar-refractivity contribution in [1.29, 1.82) is 0 Å². The summed E-state index contributed by atoms with van der Waals surface area (Å²) >= 11 is 0. The molecule has 5 heteroatoms. The number of carbonyl (C=O) groups is 1. The lowest BCUT2D eigenvalue weighted by Crippen LogP contribution is -2.48. The molecule has 0 aliphatic carbocycles. The van der Waals surface area contributed by atoms with E-state index in [2.05, 4.69) is 30.5 Å². The Labute approximate surface area is 144 Å². The van der Waals surface area contributed by atoms with Gasteiger partial charge in [-0.2, -0.15) is 0 Å². The molecule has 1 amide bonds. The molecule has 2 bridgehead atoms. The molecular formula is C18H27ClN2O2. The van der Waals surface area contributed by atoms with Crippen LogP contribution in [-0.4, -0.2) is 30.6 Å². The number of benzene rings is 1. The summed E-state index contributed by atoms with van der Waals surface area (Å²) in [6.45, 7) is 4.54. The minimum atomic E-state index is 0.